The molecule has 0 aliphatic heterocycles. The molecule has 0 aromatic carbocycles. The number of hydrogen-bond acceptors (Lipinski definition) is 5. The Balaban J connectivity index is 2.03. The average Bonchev–Trinajstić information content (AvgIpc) is 2.89. The van der Waals surface area contributed by atoms with Crippen molar-refractivity contribution in [3.05, 3.63) is 30.9 Å². The Morgan fingerprint density at radius 2 is 2.05 bits per heavy atom. The Kier molecular flexibility index (Phi) is 4.33. The van der Waals surface area contributed by atoms with Gasteiger partial charge in [-0.15, -0.1) is 0 Å². The predicted molar refractivity (Wildman–Crippen MR) is 73.3 cm³/mol. The molecule has 2 aromatic heterocycles. The predicted octanol–water partition coefficient (Wildman–Crippen LogP) is 1.60. The second-order valence-corrected chi connectivity index (χ2v) is 4.54. The van der Waals surface area contributed by atoms with Crippen LogP contribution >= 0.6 is 0 Å². The fourth-order valence-electron chi connectivity index (χ4n) is 1.68. The zero-order valence-electron chi connectivity index (χ0n) is 11.5. The Morgan fingerprint density at radius 1 is 1.26 bits per heavy atom. The van der Waals surface area contributed by atoms with E-state index in [1.165, 1.54) is 0 Å². The molecule has 0 bridgehead atoms. The first-order valence-corrected chi connectivity index (χ1v) is 6.33. The molecule has 2 aromatic rings. The third-order valence-electron chi connectivity index (χ3n) is 2.58. The van der Waals surface area contributed by atoms with E-state index in [2.05, 4.69) is 15.1 Å². The molecule has 6 heteroatoms. The normalized spacial score (nSPS) is 10.7. The summed E-state index contributed by atoms with van der Waals surface area (Å²) < 4.78 is 7.55. The lowest BCUT2D eigenvalue weighted by Gasteiger charge is -2.21. The largest absolute Gasteiger partial charge is 0.472 e. The number of likely N-dealkylation sites (N-methyl/N-ethyl adjacent to an activating group) is 1. The molecule has 0 aliphatic carbocycles. The van der Waals surface area contributed by atoms with Crippen molar-refractivity contribution < 1.29 is 4.74 Å². The minimum absolute atomic E-state index is 0.0787. The van der Waals surface area contributed by atoms with Gasteiger partial charge >= 0.3 is 0 Å². The highest BCUT2D eigenvalue weighted by Gasteiger charge is 2.12. The standard InChI is InChI=1S/C13H19N5O/c1-11(2)19-13-12(14-6-7-15-13)17(3)9-10-18-8-4-5-16-18/h4-8,11H,9-10H2,1-3H3. The van der Waals surface area contributed by atoms with Gasteiger partial charge in [0.25, 0.3) is 5.88 Å². The number of ether oxygens (including phenoxy) is 1. The highest BCUT2D eigenvalue weighted by molar-refractivity contribution is 5.46. The summed E-state index contributed by atoms with van der Waals surface area (Å²) >= 11 is 0. The smallest absolute Gasteiger partial charge is 0.257 e. The number of hydrogen-bond donors (Lipinski definition) is 0. The van der Waals surface area contributed by atoms with Crippen molar-refractivity contribution in [3.63, 3.8) is 0 Å². The molecule has 0 N–H and O–H groups in total. The van der Waals surface area contributed by atoms with Crippen LogP contribution in [-0.2, 0) is 6.54 Å². The second-order valence-electron chi connectivity index (χ2n) is 4.54. The third kappa shape index (κ3) is 3.67. The monoisotopic (exact) mass is 261 g/mol. The molecule has 102 valence electrons. The van der Waals surface area contributed by atoms with Crippen LogP contribution in [-0.4, -0.2) is 39.4 Å². The molecule has 19 heavy (non-hydrogen) atoms. The van der Waals surface area contributed by atoms with E-state index in [0.29, 0.717) is 5.88 Å². The molecule has 0 aliphatic rings. The summed E-state index contributed by atoms with van der Waals surface area (Å²) in [7, 11) is 1.97. The van der Waals surface area contributed by atoms with Crippen molar-refractivity contribution in [2.75, 3.05) is 18.5 Å². The van der Waals surface area contributed by atoms with Gasteiger partial charge in [0, 0.05) is 38.4 Å². The molecule has 0 saturated heterocycles. The Labute approximate surface area is 113 Å². The molecule has 6 nitrogen and oxygen atoms in total. The molecular formula is C13H19N5O. The van der Waals surface area contributed by atoms with Crippen molar-refractivity contribution in [1.82, 2.24) is 19.7 Å². The Morgan fingerprint density at radius 3 is 2.74 bits per heavy atom. The maximum Gasteiger partial charge on any atom is 0.257 e. The summed E-state index contributed by atoms with van der Waals surface area (Å²) in [5.74, 6) is 1.32. The van der Waals surface area contributed by atoms with E-state index in [4.69, 9.17) is 4.74 Å². The van der Waals surface area contributed by atoms with Crippen LogP contribution in [0.4, 0.5) is 5.82 Å². The van der Waals surface area contributed by atoms with Gasteiger partial charge in [-0.05, 0) is 19.9 Å². The minimum Gasteiger partial charge on any atom is -0.472 e. The van der Waals surface area contributed by atoms with E-state index in [0.717, 1.165) is 18.9 Å². The van der Waals surface area contributed by atoms with Crippen molar-refractivity contribution >= 4 is 5.82 Å². The summed E-state index contributed by atoms with van der Waals surface area (Å²) in [4.78, 5) is 10.6. The lowest BCUT2D eigenvalue weighted by Crippen LogP contribution is -2.25. The molecule has 0 spiro atoms. The van der Waals surface area contributed by atoms with Gasteiger partial charge in [-0.2, -0.15) is 5.10 Å². The highest BCUT2D eigenvalue weighted by Crippen LogP contribution is 2.22. The summed E-state index contributed by atoms with van der Waals surface area (Å²) in [5, 5.41) is 4.18. The van der Waals surface area contributed by atoms with E-state index in [-0.39, 0.29) is 6.10 Å². The van der Waals surface area contributed by atoms with Crippen LogP contribution in [0.25, 0.3) is 0 Å². The van der Waals surface area contributed by atoms with Gasteiger partial charge in [-0.25, -0.2) is 9.97 Å². The zero-order valence-corrected chi connectivity index (χ0v) is 11.5. The lowest BCUT2D eigenvalue weighted by atomic mass is 10.4. The fourth-order valence-corrected chi connectivity index (χ4v) is 1.68. The van der Waals surface area contributed by atoms with Crippen LogP contribution in [0, 0.1) is 0 Å². The van der Waals surface area contributed by atoms with Gasteiger partial charge in [0.2, 0.25) is 0 Å². The van der Waals surface area contributed by atoms with E-state index in [9.17, 15) is 0 Å². The van der Waals surface area contributed by atoms with E-state index in [1.807, 2.05) is 42.7 Å². The van der Waals surface area contributed by atoms with Crippen LogP contribution < -0.4 is 9.64 Å². The molecule has 2 rings (SSSR count). The van der Waals surface area contributed by atoms with Gasteiger partial charge in [-0.1, -0.05) is 0 Å². The first kappa shape index (κ1) is 13.3. The first-order chi connectivity index (χ1) is 9.16. The van der Waals surface area contributed by atoms with Crippen LogP contribution in [0.15, 0.2) is 30.9 Å². The first-order valence-electron chi connectivity index (χ1n) is 6.33. The van der Waals surface area contributed by atoms with Crippen LogP contribution in [0.1, 0.15) is 13.8 Å². The third-order valence-corrected chi connectivity index (χ3v) is 2.58. The van der Waals surface area contributed by atoms with Crippen LogP contribution in [0.2, 0.25) is 0 Å². The molecule has 0 saturated carbocycles. The second kappa shape index (κ2) is 6.17. The number of nitrogens with zero attached hydrogens (tertiary/aromatic N) is 5. The maximum atomic E-state index is 5.67. The number of aromatic nitrogens is 4. The summed E-state index contributed by atoms with van der Waals surface area (Å²) in [6, 6.07) is 1.91. The quantitative estimate of drug-likeness (QED) is 0.790. The number of anilines is 1. The maximum absolute atomic E-state index is 5.67. The van der Waals surface area contributed by atoms with Gasteiger partial charge < -0.3 is 9.64 Å². The zero-order chi connectivity index (χ0) is 13.7. The average molecular weight is 261 g/mol. The summed E-state index contributed by atoms with van der Waals surface area (Å²) in [5.41, 5.74) is 0. The van der Waals surface area contributed by atoms with Crippen LogP contribution in [0.3, 0.4) is 0 Å². The topological polar surface area (TPSA) is 56.1 Å². The molecular weight excluding hydrogens is 242 g/mol. The Hall–Kier alpha value is -2.11. The van der Waals surface area contributed by atoms with Crippen molar-refractivity contribution in [1.29, 1.82) is 0 Å². The molecule has 2 heterocycles. The lowest BCUT2D eigenvalue weighted by molar-refractivity contribution is 0.232. The van der Waals surface area contributed by atoms with Crippen molar-refractivity contribution in [2.24, 2.45) is 0 Å². The highest BCUT2D eigenvalue weighted by atomic mass is 16.5. The van der Waals surface area contributed by atoms with Gasteiger partial charge in [0.1, 0.15) is 0 Å². The van der Waals surface area contributed by atoms with Gasteiger partial charge in [0.15, 0.2) is 5.82 Å². The van der Waals surface area contributed by atoms with Gasteiger partial charge in [-0.3, -0.25) is 4.68 Å². The van der Waals surface area contributed by atoms with E-state index >= 15 is 0 Å². The molecule has 0 radical (unpaired) electrons. The Bertz CT molecular complexity index is 497. The fraction of sp³-hybridized carbons (Fsp3) is 0.462. The molecule has 0 unspecified atom stereocenters. The number of rotatable bonds is 6. The molecule has 0 amide bonds. The summed E-state index contributed by atoms with van der Waals surface area (Å²) in [6.45, 7) is 5.53. The SMILES string of the molecule is CC(C)Oc1nccnc1N(C)CCn1cccn1. The van der Waals surface area contributed by atoms with Crippen LogP contribution in [0.5, 0.6) is 5.88 Å². The van der Waals surface area contributed by atoms with Gasteiger partial charge in [0.05, 0.1) is 12.6 Å². The van der Waals surface area contributed by atoms with Crippen molar-refractivity contribution in [2.45, 2.75) is 26.5 Å². The van der Waals surface area contributed by atoms with Crippen molar-refractivity contribution in [3.8, 4) is 5.88 Å². The minimum atomic E-state index is 0.0787. The summed E-state index contributed by atoms with van der Waals surface area (Å²) in [6.07, 6.45) is 7.11. The molecule has 0 atom stereocenters. The van der Waals surface area contributed by atoms with E-state index < -0.39 is 0 Å². The molecule has 0 fully saturated rings. The van der Waals surface area contributed by atoms with E-state index in [1.54, 1.807) is 18.6 Å².